The number of carbonyl (C=O) groups is 4. The molecule has 5 aromatic rings. The normalized spacial score (nSPS) is 21.3. The fraction of sp³-hybridized carbons (Fsp3) is 0.447. The summed E-state index contributed by atoms with van der Waals surface area (Å²) in [5.74, 6) is -2.80. The highest BCUT2D eigenvalue weighted by Crippen LogP contribution is 2.51. The quantitative estimate of drug-likeness (QED) is 0.149. The minimum atomic E-state index is -3.00. The first kappa shape index (κ1) is 44.5. The van der Waals surface area contributed by atoms with Gasteiger partial charge in [0.1, 0.15) is 0 Å². The standard InChI is InChI=1S/C47H51ClF2N12O5/c1-27-19-29(20-35(40(27)48)61-15-10-39(63)56-45(61)66)44(65)59-17-12-46(13-18-59)11-16-58(26-47(46,49)50)25-28-22-52-41(53-23-28)31-5-4-6-34-30(31)9-14-60(34)38-21-33(51-2)42-54-24-36(62(42)57-38)43(64)55-32-7-8-37(32)67-3/h4-6,19-24,32,37,51H,7-18,25-26H2,1-3H3,(H,55,64)(H,56,63,66)/t32-,37-/m1/s1. The lowest BCUT2D eigenvalue weighted by Gasteiger charge is -2.51. The molecule has 67 heavy (non-hydrogen) atoms. The molecule has 1 aliphatic carbocycles. The van der Waals surface area contributed by atoms with Crippen LogP contribution in [0.5, 0.6) is 0 Å². The van der Waals surface area contributed by atoms with Crippen LogP contribution in [0.1, 0.15) is 76.1 Å². The number of halogens is 3. The number of aromatic nitrogens is 5. The van der Waals surface area contributed by atoms with Gasteiger partial charge in [-0.05, 0) is 81.3 Å². The molecule has 1 spiro atoms. The van der Waals surface area contributed by atoms with E-state index in [-0.39, 0.29) is 81.7 Å². The lowest BCUT2D eigenvalue weighted by atomic mass is 9.68. The molecule has 1 saturated carbocycles. The van der Waals surface area contributed by atoms with E-state index in [1.165, 1.54) is 17.2 Å². The van der Waals surface area contributed by atoms with Gasteiger partial charge in [-0.3, -0.25) is 29.5 Å². The van der Waals surface area contributed by atoms with E-state index < -0.39 is 23.9 Å². The summed E-state index contributed by atoms with van der Waals surface area (Å²) in [6, 6.07) is 10.4. The maximum absolute atomic E-state index is 16.3. The van der Waals surface area contributed by atoms with E-state index in [4.69, 9.17) is 31.4 Å². The van der Waals surface area contributed by atoms with Crippen molar-refractivity contribution in [3.05, 3.63) is 88.0 Å². The lowest BCUT2D eigenvalue weighted by molar-refractivity contribution is -0.186. The van der Waals surface area contributed by atoms with Crippen LogP contribution >= 0.6 is 11.6 Å². The topological polar surface area (TPSA) is 183 Å². The van der Waals surface area contributed by atoms with E-state index in [1.807, 2.05) is 24.3 Å². The number of fused-ring (bicyclic) bond motifs is 2. The number of hydrogen-bond acceptors (Lipinski definition) is 12. The fourth-order valence-corrected chi connectivity index (χ4v) is 10.5. The number of hydrogen-bond donors (Lipinski definition) is 3. The molecule has 10 rings (SSSR count). The first-order valence-electron chi connectivity index (χ1n) is 22.7. The molecule has 3 saturated heterocycles. The molecule has 4 aliphatic heterocycles. The van der Waals surface area contributed by atoms with Gasteiger partial charge < -0.3 is 25.2 Å². The molecule has 5 aliphatic rings. The number of imide groups is 1. The second-order valence-electron chi connectivity index (χ2n) is 18.2. The number of amides is 5. The zero-order chi connectivity index (χ0) is 46.8. The van der Waals surface area contributed by atoms with Crippen molar-refractivity contribution < 1.29 is 32.7 Å². The fourth-order valence-electron chi connectivity index (χ4n) is 10.3. The van der Waals surface area contributed by atoms with E-state index >= 15 is 8.78 Å². The van der Waals surface area contributed by atoms with Crippen LogP contribution in [0.4, 0.5) is 36.5 Å². The smallest absolute Gasteiger partial charge is 0.328 e. The average Bonchev–Trinajstić information content (AvgIpc) is 3.95. The van der Waals surface area contributed by atoms with Crippen LogP contribution in [0.25, 0.3) is 17.0 Å². The van der Waals surface area contributed by atoms with Crippen molar-refractivity contribution in [2.75, 3.05) is 68.5 Å². The molecule has 0 bridgehead atoms. The van der Waals surface area contributed by atoms with Crippen LogP contribution in [0.3, 0.4) is 0 Å². The third kappa shape index (κ3) is 7.99. The van der Waals surface area contributed by atoms with Crippen LogP contribution in [-0.2, 0) is 22.5 Å². The molecule has 17 nitrogen and oxygen atoms in total. The Bertz CT molecular complexity index is 2800. The highest BCUT2D eigenvalue weighted by atomic mass is 35.5. The van der Waals surface area contributed by atoms with E-state index in [0.29, 0.717) is 64.3 Å². The third-order valence-corrected chi connectivity index (χ3v) is 14.9. The molecule has 4 fully saturated rings. The molecule has 20 heteroatoms. The summed E-state index contributed by atoms with van der Waals surface area (Å²) in [7, 11) is 3.45. The van der Waals surface area contributed by atoms with Gasteiger partial charge in [0.25, 0.3) is 17.7 Å². The van der Waals surface area contributed by atoms with Crippen LogP contribution in [0.2, 0.25) is 5.02 Å². The van der Waals surface area contributed by atoms with Gasteiger partial charge in [-0.15, -0.1) is 5.10 Å². The van der Waals surface area contributed by atoms with Crippen molar-refractivity contribution in [2.45, 2.75) is 76.5 Å². The van der Waals surface area contributed by atoms with Crippen molar-refractivity contribution in [3.63, 3.8) is 0 Å². The number of piperidine rings is 2. The Kier molecular flexibility index (Phi) is 11.6. The van der Waals surface area contributed by atoms with Crippen LogP contribution in [0, 0.1) is 12.3 Å². The summed E-state index contributed by atoms with van der Waals surface area (Å²) in [6.07, 6.45) is 8.08. The molecule has 350 valence electrons. The number of nitrogens with zero attached hydrogens (tertiary/aromatic N) is 9. The molecule has 2 aromatic carbocycles. The van der Waals surface area contributed by atoms with Gasteiger partial charge in [-0.2, -0.15) is 0 Å². The summed E-state index contributed by atoms with van der Waals surface area (Å²) >= 11 is 6.56. The van der Waals surface area contributed by atoms with Crippen LogP contribution in [-0.4, -0.2) is 130 Å². The molecular formula is C47H51ClF2N12O5. The highest BCUT2D eigenvalue weighted by Gasteiger charge is 2.57. The second kappa shape index (κ2) is 17.4. The van der Waals surface area contributed by atoms with Crippen LogP contribution < -0.4 is 25.8 Å². The molecule has 3 aromatic heterocycles. The number of rotatable bonds is 10. The number of urea groups is 1. The Morgan fingerprint density at radius 2 is 1.70 bits per heavy atom. The molecule has 2 atom stereocenters. The van der Waals surface area contributed by atoms with Gasteiger partial charge in [0.15, 0.2) is 23.0 Å². The SMILES string of the molecule is CNc1cc(N2CCc3c(-c4ncc(CN5CCC6(CCN(C(=O)c7cc(C)c(Cl)c(N8CCC(=O)NC8=O)c7)CC6)C(F)(F)C5)cn4)cccc32)nn2c(C(=O)N[C@@H]3CC[C@H]3OC)cnc12. The summed E-state index contributed by atoms with van der Waals surface area (Å²) in [4.78, 5) is 72.3. The Morgan fingerprint density at radius 1 is 0.940 bits per heavy atom. The minimum Gasteiger partial charge on any atom is -0.385 e. The summed E-state index contributed by atoms with van der Waals surface area (Å²) < 4.78 is 39.6. The first-order chi connectivity index (χ1) is 32.3. The van der Waals surface area contributed by atoms with E-state index in [2.05, 4.69) is 25.8 Å². The minimum absolute atomic E-state index is 0.0114. The molecular weight excluding hydrogens is 886 g/mol. The van der Waals surface area contributed by atoms with Gasteiger partial charge in [-0.25, -0.2) is 33.0 Å². The second-order valence-corrected chi connectivity index (χ2v) is 18.6. The Hall–Kier alpha value is -6.31. The highest BCUT2D eigenvalue weighted by molar-refractivity contribution is 6.35. The van der Waals surface area contributed by atoms with Gasteiger partial charge in [-0.1, -0.05) is 23.7 Å². The van der Waals surface area contributed by atoms with Gasteiger partial charge in [0, 0.05) is 99.6 Å². The number of likely N-dealkylation sites (tertiary alicyclic amines) is 2. The van der Waals surface area contributed by atoms with E-state index in [1.54, 1.807) is 53.9 Å². The Labute approximate surface area is 390 Å². The van der Waals surface area contributed by atoms with Crippen molar-refractivity contribution in [3.8, 4) is 11.4 Å². The van der Waals surface area contributed by atoms with E-state index in [0.717, 1.165) is 40.9 Å². The first-order valence-corrected chi connectivity index (χ1v) is 23.1. The maximum Gasteiger partial charge on any atom is 0.328 e. The van der Waals surface area contributed by atoms with Crippen LogP contribution in [0.15, 0.2) is 55.0 Å². The maximum atomic E-state index is 16.3. The molecule has 5 amide bonds. The predicted molar refractivity (Wildman–Crippen MR) is 246 cm³/mol. The Morgan fingerprint density at radius 3 is 2.40 bits per heavy atom. The largest absolute Gasteiger partial charge is 0.385 e. The van der Waals surface area contributed by atoms with Gasteiger partial charge >= 0.3 is 6.03 Å². The lowest BCUT2D eigenvalue weighted by Crippen LogP contribution is -2.59. The predicted octanol–water partition coefficient (Wildman–Crippen LogP) is 6.00. The number of methoxy groups -OCH3 is 1. The summed E-state index contributed by atoms with van der Waals surface area (Å²) in [6.45, 7) is 3.14. The molecule has 0 radical (unpaired) electrons. The monoisotopic (exact) mass is 936 g/mol. The van der Waals surface area contributed by atoms with Crippen molar-refractivity contribution in [1.82, 2.24) is 45.0 Å². The number of imidazole rings is 1. The number of benzene rings is 2. The van der Waals surface area contributed by atoms with Gasteiger partial charge in [0.2, 0.25) is 5.91 Å². The number of aryl methyl sites for hydroxylation is 1. The van der Waals surface area contributed by atoms with Crippen molar-refractivity contribution >= 4 is 63.9 Å². The summed E-state index contributed by atoms with van der Waals surface area (Å²) in [5.41, 5.74) is 5.14. The Balaban J connectivity index is 0.785. The third-order valence-electron chi connectivity index (χ3n) is 14.4. The summed E-state index contributed by atoms with van der Waals surface area (Å²) in [5, 5.41) is 13.8. The van der Waals surface area contributed by atoms with Crippen molar-refractivity contribution in [1.29, 1.82) is 0 Å². The molecule has 0 unspecified atom stereocenters. The van der Waals surface area contributed by atoms with E-state index in [9.17, 15) is 19.2 Å². The van der Waals surface area contributed by atoms with Gasteiger partial charge in [0.05, 0.1) is 41.3 Å². The number of ether oxygens (including phenoxy) is 1. The zero-order valence-electron chi connectivity index (χ0n) is 37.5. The number of alkyl halides is 2. The van der Waals surface area contributed by atoms with Crippen molar-refractivity contribution in [2.24, 2.45) is 5.41 Å². The zero-order valence-corrected chi connectivity index (χ0v) is 38.2. The molecule has 7 heterocycles. The number of anilines is 4. The number of carbonyl (C=O) groups excluding carboxylic acids is 4. The average molecular weight is 937 g/mol. The number of nitrogens with one attached hydrogen (secondary N) is 3. The molecule has 3 N–H and O–H groups in total.